The Morgan fingerprint density at radius 1 is 1.46 bits per heavy atom. The lowest BCUT2D eigenvalue weighted by Crippen LogP contribution is -2.20. The lowest BCUT2D eigenvalue weighted by Gasteiger charge is -2.23. The van der Waals surface area contributed by atoms with E-state index in [9.17, 15) is 4.79 Å². The predicted octanol–water partition coefficient (Wildman–Crippen LogP) is 1.96. The largest absolute Gasteiger partial charge is 0.370 e. The molecule has 0 N–H and O–H groups in total. The number of likely N-dealkylation sites (N-methyl/N-ethyl adjacent to an activating group) is 1. The van der Waals surface area contributed by atoms with Crippen LogP contribution in [0.3, 0.4) is 0 Å². The molecule has 0 aromatic heterocycles. The Labute approximate surface area is 77.5 Å². The molecule has 0 amide bonds. The molecule has 0 spiro atoms. The van der Waals surface area contributed by atoms with Gasteiger partial charge in [0, 0.05) is 24.8 Å². The number of aldehydes is 1. The Morgan fingerprint density at radius 2 is 2.31 bits per heavy atom. The first-order valence-corrected chi connectivity index (χ1v) is 4.28. The van der Waals surface area contributed by atoms with Crippen molar-refractivity contribution >= 4 is 18.0 Å². The maximum atomic E-state index is 10.5. The Kier molecular flexibility index (Phi) is 1.89. The van der Waals surface area contributed by atoms with Crippen molar-refractivity contribution in [3.63, 3.8) is 0 Å². The highest BCUT2D eigenvalue weighted by atomic mass is 16.1. The quantitative estimate of drug-likeness (QED) is 0.605. The van der Waals surface area contributed by atoms with Gasteiger partial charge in [-0.15, -0.1) is 0 Å². The van der Waals surface area contributed by atoms with Crippen LogP contribution in [0, 0.1) is 0 Å². The zero-order chi connectivity index (χ0) is 9.26. The normalized spacial score (nSPS) is 14.1. The molecule has 1 aliphatic heterocycles. The van der Waals surface area contributed by atoms with Crippen LogP contribution in [0.1, 0.15) is 15.9 Å². The van der Waals surface area contributed by atoms with Crippen LogP contribution >= 0.6 is 0 Å². The van der Waals surface area contributed by atoms with Gasteiger partial charge in [0.1, 0.15) is 6.29 Å². The van der Waals surface area contributed by atoms with Crippen LogP contribution in [0.25, 0.3) is 6.08 Å². The first-order valence-electron chi connectivity index (χ1n) is 4.28. The SMILES string of the molecule is CN1CC=Cc2cc(C=O)ccc21. The second-order valence-electron chi connectivity index (χ2n) is 3.22. The van der Waals surface area contributed by atoms with Gasteiger partial charge in [0.25, 0.3) is 0 Å². The summed E-state index contributed by atoms with van der Waals surface area (Å²) in [6.45, 7) is 0.938. The fourth-order valence-electron chi connectivity index (χ4n) is 1.56. The maximum Gasteiger partial charge on any atom is 0.150 e. The topological polar surface area (TPSA) is 20.3 Å². The highest BCUT2D eigenvalue weighted by molar-refractivity contribution is 5.81. The molecule has 0 saturated carbocycles. The van der Waals surface area contributed by atoms with Crippen molar-refractivity contribution in [2.75, 3.05) is 18.5 Å². The van der Waals surface area contributed by atoms with Gasteiger partial charge in [-0.3, -0.25) is 4.79 Å². The number of fused-ring (bicyclic) bond motifs is 1. The summed E-state index contributed by atoms with van der Waals surface area (Å²) in [6, 6.07) is 5.75. The highest BCUT2D eigenvalue weighted by Gasteiger charge is 2.08. The molecule has 0 saturated heterocycles. The van der Waals surface area contributed by atoms with Crippen molar-refractivity contribution in [1.82, 2.24) is 0 Å². The molecule has 2 rings (SSSR count). The van der Waals surface area contributed by atoms with Crippen molar-refractivity contribution in [2.45, 2.75) is 0 Å². The Bertz CT molecular complexity index is 368. The van der Waals surface area contributed by atoms with Crippen molar-refractivity contribution in [2.24, 2.45) is 0 Å². The molecule has 0 bridgehead atoms. The smallest absolute Gasteiger partial charge is 0.150 e. The van der Waals surface area contributed by atoms with E-state index in [2.05, 4.69) is 17.1 Å². The molecule has 13 heavy (non-hydrogen) atoms. The van der Waals surface area contributed by atoms with Gasteiger partial charge < -0.3 is 4.90 Å². The second-order valence-corrected chi connectivity index (χ2v) is 3.22. The van der Waals surface area contributed by atoms with Gasteiger partial charge >= 0.3 is 0 Å². The molecule has 1 aromatic carbocycles. The lowest BCUT2D eigenvalue weighted by molar-refractivity contribution is 0.112. The van der Waals surface area contributed by atoms with Crippen LogP contribution in [0.15, 0.2) is 24.3 Å². The minimum absolute atomic E-state index is 0.735. The van der Waals surface area contributed by atoms with Gasteiger partial charge in [-0.05, 0) is 23.8 Å². The molecule has 2 nitrogen and oxygen atoms in total. The van der Waals surface area contributed by atoms with E-state index in [1.807, 2.05) is 25.2 Å². The lowest BCUT2D eigenvalue weighted by atomic mass is 10.1. The molecule has 66 valence electrons. The van der Waals surface area contributed by atoms with Gasteiger partial charge in [0.15, 0.2) is 0 Å². The number of carbonyl (C=O) groups is 1. The minimum Gasteiger partial charge on any atom is -0.370 e. The fourth-order valence-corrected chi connectivity index (χ4v) is 1.56. The average molecular weight is 173 g/mol. The van der Waals surface area contributed by atoms with Crippen molar-refractivity contribution < 1.29 is 4.79 Å². The molecular weight excluding hydrogens is 162 g/mol. The third-order valence-electron chi connectivity index (χ3n) is 2.28. The van der Waals surface area contributed by atoms with E-state index in [1.54, 1.807) is 0 Å². The Morgan fingerprint density at radius 3 is 3.08 bits per heavy atom. The summed E-state index contributed by atoms with van der Waals surface area (Å²) >= 11 is 0. The third-order valence-corrected chi connectivity index (χ3v) is 2.28. The number of hydrogen-bond donors (Lipinski definition) is 0. The standard InChI is InChI=1S/C11H11NO/c1-12-6-2-3-10-7-9(8-13)4-5-11(10)12/h2-5,7-8H,6H2,1H3. The molecule has 0 fully saturated rings. The van der Waals surface area contributed by atoms with E-state index in [0.29, 0.717) is 0 Å². The molecule has 0 unspecified atom stereocenters. The van der Waals surface area contributed by atoms with Gasteiger partial charge in [-0.2, -0.15) is 0 Å². The first-order chi connectivity index (χ1) is 6.31. The molecule has 2 heteroatoms. The number of rotatable bonds is 1. The number of nitrogens with zero attached hydrogens (tertiary/aromatic N) is 1. The van der Waals surface area contributed by atoms with Crippen molar-refractivity contribution in [3.8, 4) is 0 Å². The second kappa shape index (κ2) is 3.05. The Hall–Kier alpha value is -1.57. The predicted molar refractivity (Wildman–Crippen MR) is 54.1 cm³/mol. The fraction of sp³-hybridized carbons (Fsp3) is 0.182. The summed E-state index contributed by atoms with van der Waals surface area (Å²) in [7, 11) is 2.04. The summed E-state index contributed by atoms with van der Waals surface area (Å²) in [5.41, 5.74) is 3.05. The van der Waals surface area contributed by atoms with E-state index in [-0.39, 0.29) is 0 Å². The summed E-state index contributed by atoms with van der Waals surface area (Å²) in [6.07, 6.45) is 5.03. The molecule has 0 atom stereocenters. The molecule has 1 aliphatic rings. The van der Waals surface area contributed by atoms with Crippen LogP contribution in [0.5, 0.6) is 0 Å². The molecule has 0 aliphatic carbocycles. The summed E-state index contributed by atoms with van der Waals surface area (Å²) in [5.74, 6) is 0. The van der Waals surface area contributed by atoms with E-state index < -0.39 is 0 Å². The molecule has 0 radical (unpaired) electrons. The van der Waals surface area contributed by atoms with Crippen LogP contribution in [0.2, 0.25) is 0 Å². The highest BCUT2D eigenvalue weighted by Crippen LogP contribution is 2.24. The molecule has 1 heterocycles. The van der Waals surface area contributed by atoms with Crippen molar-refractivity contribution in [1.29, 1.82) is 0 Å². The zero-order valence-corrected chi connectivity index (χ0v) is 7.53. The zero-order valence-electron chi connectivity index (χ0n) is 7.53. The van der Waals surface area contributed by atoms with E-state index in [0.717, 1.165) is 24.0 Å². The van der Waals surface area contributed by atoms with Crippen LogP contribution in [0.4, 0.5) is 5.69 Å². The van der Waals surface area contributed by atoms with Gasteiger partial charge in [0.2, 0.25) is 0 Å². The summed E-state index contributed by atoms with van der Waals surface area (Å²) in [5, 5.41) is 0. The summed E-state index contributed by atoms with van der Waals surface area (Å²) in [4.78, 5) is 12.7. The average Bonchev–Trinajstić information content (AvgIpc) is 2.18. The third kappa shape index (κ3) is 1.35. The number of benzene rings is 1. The van der Waals surface area contributed by atoms with Gasteiger partial charge in [-0.1, -0.05) is 12.2 Å². The van der Waals surface area contributed by atoms with Gasteiger partial charge in [0.05, 0.1) is 0 Å². The van der Waals surface area contributed by atoms with E-state index in [1.165, 1.54) is 5.69 Å². The number of hydrogen-bond acceptors (Lipinski definition) is 2. The van der Waals surface area contributed by atoms with E-state index >= 15 is 0 Å². The Balaban J connectivity index is 2.53. The van der Waals surface area contributed by atoms with Gasteiger partial charge in [-0.25, -0.2) is 0 Å². The number of anilines is 1. The van der Waals surface area contributed by atoms with E-state index in [4.69, 9.17) is 0 Å². The minimum atomic E-state index is 0.735. The monoisotopic (exact) mass is 173 g/mol. The molecule has 1 aromatic rings. The molecular formula is C11H11NO. The van der Waals surface area contributed by atoms with Crippen LogP contribution in [-0.4, -0.2) is 19.9 Å². The van der Waals surface area contributed by atoms with Crippen LogP contribution in [-0.2, 0) is 0 Å². The first kappa shape index (κ1) is 8.05. The maximum absolute atomic E-state index is 10.5. The summed E-state index contributed by atoms with van der Waals surface area (Å²) < 4.78 is 0. The van der Waals surface area contributed by atoms with Crippen molar-refractivity contribution in [3.05, 3.63) is 35.4 Å². The number of carbonyl (C=O) groups excluding carboxylic acids is 1. The van der Waals surface area contributed by atoms with Crippen LogP contribution < -0.4 is 4.90 Å².